The van der Waals surface area contributed by atoms with Gasteiger partial charge in [0.1, 0.15) is 5.75 Å². The van der Waals surface area contributed by atoms with Crippen LogP contribution in [0, 0.1) is 7.14 Å². The van der Waals surface area contributed by atoms with Crippen molar-refractivity contribution in [2.24, 2.45) is 0 Å². The molecule has 0 saturated carbocycles. The minimum atomic E-state index is -10.7. The van der Waals surface area contributed by atoms with Crippen LogP contribution in [0.15, 0.2) is 48.5 Å². The number of rotatable bonds is 4. The third kappa shape index (κ3) is 10.5. The predicted molar refractivity (Wildman–Crippen MR) is 77.0 cm³/mol. The monoisotopic (exact) mass is 486 g/mol. The van der Waals surface area contributed by atoms with Gasteiger partial charge < -0.3 is 9.47 Å². The van der Waals surface area contributed by atoms with Crippen LogP contribution in [-0.4, -0.2) is 14.2 Å². The van der Waals surface area contributed by atoms with E-state index in [-0.39, 0.29) is 21.2 Å². The molecule has 2 aromatic carbocycles. The molecule has 2 nitrogen and oxygen atoms in total. The van der Waals surface area contributed by atoms with Crippen LogP contribution in [0.5, 0.6) is 11.5 Å². The maximum atomic E-state index is 9.87. The summed E-state index contributed by atoms with van der Waals surface area (Å²) in [4.78, 5) is 0. The third-order valence-electron chi connectivity index (χ3n) is 2.32. The Morgan fingerprint density at radius 2 is 1.25 bits per heavy atom. The second kappa shape index (κ2) is 6.95. The summed E-state index contributed by atoms with van der Waals surface area (Å²) in [5.74, 6) is 1.88. The van der Waals surface area contributed by atoms with Gasteiger partial charge in [0.15, 0.2) is 9.32 Å². The molecular weight excluding hydrogens is 472 g/mol. The Morgan fingerprint density at radius 3 is 1.71 bits per heavy atom. The van der Waals surface area contributed by atoms with Crippen LogP contribution in [-0.2, 0) is 0 Å². The van der Waals surface area contributed by atoms with Gasteiger partial charge in [-0.15, -0.1) is 0 Å². The van der Waals surface area contributed by atoms with Crippen LogP contribution in [0.4, 0.5) is 25.2 Å². The Labute approximate surface area is 145 Å². The minimum absolute atomic E-state index is 0.198. The van der Waals surface area contributed by atoms with Gasteiger partial charge in [-0.2, -0.15) is 0 Å². The summed E-state index contributed by atoms with van der Waals surface area (Å²) < 4.78 is 72.4. The summed E-state index contributed by atoms with van der Waals surface area (Å²) in [6.45, 7) is 0. The van der Waals surface area contributed by atoms with Gasteiger partial charge in [0, 0.05) is 0 Å². The number of para-hydroxylation sites is 1. The van der Waals surface area contributed by atoms with Crippen LogP contribution in [0.1, 0.15) is 0 Å². The molecule has 0 aliphatic heterocycles. The fourth-order valence-corrected chi connectivity index (χ4v) is 3.88. The molecule has 136 valence electrons. The number of hydrogen-bond acceptors (Lipinski definition) is 2. The normalized spacial score (nSPS) is 13.8. The van der Waals surface area contributed by atoms with E-state index < -0.39 is 7.81 Å². The Balaban J connectivity index is 0.000000351. The van der Waals surface area contributed by atoms with Gasteiger partial charge in [-0.25, -0.2) is 0 Å². The molecule has 0 aliphatic rings. The second-order valence-electron chi connectivity index (χ2n) is 4.35. The van der Waals surface area contributed by atoms with Gasteiger partial charge >= 0.3 is 54.2 Å². The molecule has 0 amide bonds. The first kappa shape index (κ1) is 20.8. The summed E-state index contributed by atoms with van der Waals surface area (Å²) in [5.41, 5.74) is 0. The molecule has 0 aliphatic carbocycles. The fraction of sp³-hybridized carbons (Fsp3) is 0.143. The Kier molecular flexibility index (Phi) is 6.03. The average molecular weight is 486 g/mol. The molecule has 0 spiro atoms. The van der Waals surface area contributed by atoms with Crippen molar-refractivity contribution in [1.29, 1.82) is 0 Å². The van der Waals surface area contributed by atoms with Crippen LogP contribution >= 0.6 is 7.81 Å². The molecule has 0 unspecified atom stereocenters. The fourth-order valence-electron chi connectivity index (χ4n) is 1.44. The Bertz CT molecular complexity index is 662. The van der Waals surface area contributed by atoms with E-state index in [1.54, 1.807) is 14.2 Å². The van der Waals surface area contributed by atoms with Crippen molar-refractivity contribution in [2.75, 3.05) is 14.2 Å². The molecule has 0 N–H and O–H groups in total. The van der Waals surface area contributed by atoms with Crippen molar-refractivity contribution >= 4 is 7.81 Å². The first-order chi connectivity index (χ1) is 10.8. The molecular formula is C14H14F6IO2P. The van der Waals surface area contributed by atoms with Gasteiger partial charge in [-0.1, -0.05) is 12.1 Å². The van der Waals surface area contributed by atoms with E-state index in [2.05, 4.69) is 24.3 Å². The van der Waals surface area contributed by atoms with Gasteiger partial charge in [-0.3, -0.25) is 0 Å². The van der Waals surface area contributed by atoms with Gasteiger partial charge in [-0.05, 0) is 36.4 Å². The Hall–Kier alpha value is -1.22. The summed E-state index contributed by atoms with van der Waals surface area (Å²) in [6, 6.07) is 16.5. The van der Waals surface area contributed by atoms with Crippen LogP contribution in [0.25, 0.3) is 0 Å². The molecule has 24 heavy (non-hydrogen) atoms. The first-order valence-corrected chi connectivity index (χ1v) is 10.5. The van der Waals surface area contributed by atoms with E-state index in [1.807, 2.05) is 24.3 Å². The van der Waals surface area contributed by atoms with Gasteiger partial charge in [0.25, 0.3) is 0 Å². The summed E-state index contributed by atoms with van der Waals surface area (Å²) in [5, 5.41) is 0. The molecule has 0 fully saturated rings. The van der Waals surface area contributed by atoms with E-state index in [4.69, 9.17) is 9.47 Å². The first-order valence-electron chi connectivity index (χ1n) is 6.27. The van der Waals surface area contributed by atoms with Crippen molar-refractivity contribution in [2.45, 2.75) is 0 Å². The number of benzene rings is 2. The van der Waals surface area contributed by atoms with E-state index in [0.717, 1.165) is 11.5 Å². The van der Waals surface area contributed by atoms with Crippen LogP contribution < -0.4 is 30.7 Å². The summed E-state index contributed by atoms with van der Waals surface area (Å²) in [6.07, 6.45) is 0. The Morgan fingerprint density at radius 1 is 0.750 bits per heavy atom. The molecule has 2 aromatic rings. The molecule has 0 aromatic heterocycles. The zero-order chi connectivity index (χ0) is 18.5. The molecule has 0 atom stereocenters. The predicted octanol–water partition coefficient (Wildman–Crippen LogP) is 3.21. The number of methoxy groups -OCH3 is 2. The zero-order valence-corrected chi connectivity index (χ0v) is 15.6. The maximum absolute atomic E-state index is 10.7. The van der Waals surface area contributed by atoms with Crippen molar-refractivity contribution < 1.29 is 55.9 Å². The number of halogens is 7. The molecule has 0 radical (unpaired) electrons. The van der Waals surface area contributed by atoms with Crippen molar-refractivity contribution in [3.8, 4) is 11.5 Å². The molecule has 10 heteroatoms. The summed E-state index contributed by atoms with van der Waals surface area (Å²) >= 11 is -0.198. The van der Waals surface area contributed by atoms with Crippen molar-refractivity contribution in [3.63, 3.8) is 0 Å². The van der Waals surface area contributed by atoms with Crippen molar-refractivity contribution in [1.82, 2.24) is 0 Å². The molecule has 0 bridgehead atoms. The molecule has 2 rings (SSSR count). The van der Waals surface area contributed by atoms with Gasteiger partial charge in [0.05, 0.1) is 14.2 Å². The second-order valence-corrected chi connectivity index (χ2v) is 9.21. The van der Waals surface area contributed by atoms with Crippen LogP contribution in [0.2, 0.25) is 0 Å². The van der Waals surface area contributed by atoms with Crippen LogP contribution in [0.3, 0.4) is 0 Å². The average Bonchev–Trinajstić information content (AvgIpc) is 2.45. The zero-order valence-electron chi connectivity index (χ0n) is 12.5. The van der Waals surface area contributed by atoms with E-state index in [9.17, 15) is 25.2 Å². The standard InChI is InChI=1S/C14H14IO2.F6P/c1-16-12-9-7-11(8-10-12)15-13-5-3-4-6-14(13)17-2;1-7(2,3,4,5)6/h3-10H,1-2H3;/q+1;-1. The summed E-state index contributed by atoms with van der Waals surface area (Å²) in [7, 11) is -7.25. The van der Waals surface area contributed by atoms with E-state index in [1.165, 1.54) is 7.14 Å². The van der Waals surface area contributed by atoms with E-state index in [0.29, 0.717) is 0 Å². The molecule has 0 heterocycles. The SMILES string of the molecule is COc1ccc([I+]c2ccccc2OC)cc1.F[P-](F)(F)(F)(F)F. The quantitative estimate of drug-likeness (QED) is 0.376. The number of hydrogen-bond donors (Lipinski definition) is 0. The number of ether oxygens (including phenoxy) is 2. The topological polar surface area (TPSA) is 18.5 Å². The van der Waals surface area contributed by atoms with Gasteiger partial charge in [0.2, 0.25) is 3.57 Å². The third-order valence-corrected chi connectivity index (χ3v) is 5.13. The van der Waals surface area contributed by atoms with E-state index >= 15 is 0 Å². The molecule has 0 saturated heterocycles. The van der Waals surface area contributed by atoms with Crippen molar-refractivity contribution in [3.05, 3.63) is 55.7 Å².